The quantitative estimate of drug-likeness (QED) is 0.740. The zero-order valence-corrected chi connectivity index (χ0v) is 16.2. The molecule has 1 aliphatic rings. The summed E-state index contributed by atoms with van der Waals surface area (Å²) in [5.41, 5.74) is 2.35. The summed E-state index contributed by atoms with van der Waals surface area (Å²) < 4.78 is 5.09. The molecule has 6 nitrogen and oxygen atoms in total. The van der Waals surface area contributed by atoms with Crippen LogP contribution < -0.4 is 5.32 Å². The lowest BCUT2D eigenvalue weighted by molar-refractivity contribution is 0.0498. The van der Waals surface area contributed by atoms with Crippen LogP contribution in [-0.2, 0) is 0 Å². The number of furan rings is 1. The van der Waals surface area contributed by atoms with Crippen LogP contribution in [0.2, 0.25) is 0 Å². The molecule has 0 bridgehead atoms. The van der Waals surface area contributed by atoms with E-state index in [1.165, 1.54) is 6.26 Å². The summed E-state index contributed by atoms with van der Waals surface area (Å²) in [6, 6.07) is 20.4. The van der Waals surface area contributed by atoms with Crippen LogP contribution in [0.15, 0.2) is 77.4 Å². The SMILES string of the molecule is CN1CCN(C(=O)c2ccc(NC(=O)c3ccco3)cc2)C(c2ccccc2)C1. The summed E-state index contributed by atoms with van der Waals surface area (Å²) in [6.45, 7) is 2.31. The molecule has 148 valence electrons. The first kappa shape index (κ1) is 19.0. The predicted molar refractivity (Wildman–Crippen MR) is 111 cm³/mol. The molecule has 1 fully saturated rings. The average Bonchev–Trinajstić information content (AvgIpc) is 3.30. The van der Waals surface area contributed by atoms with Crippen LogP contribution in [0.1, 0.15) is 32.5 Å². The molecule has 0 saturated carbocycles. The highest BCUT2D eigenvalue weighted by Crippen LogP contribution is 2.27. The maximum atomic E-state index is 13.2. The van der Waals surface area contributed by atoms with Crippen molar-refractivity contribution in [1.82, 2.24) is 9.80 Å². The van der Waals surface area contributed by atoms with Crippen molar-refractivity contribution in [3.05, 3.63) is 89.9 Å². The Kier molecular flexibility index (Phi) is 5.44. The molecule has 0 radical (unpaired) electrons. The monoisotopic (exact) mass is 389 g/mol. The number of amides is 2. The topological polar surface area (TPSA) is 65.8 Å². The van der Waals surface area contributed by atoms with E-state index in [-0.39, 0.29) is 23.6 Å². The molecule has 2 amide bonds. The number of likely N-dealkylation sites (N-methyl/N-ethyl adjacent to an activating group) is 1. The fraction of sp³-hybridized carbons (Fsp3) is 0.217. The van der Waals surface area contributed by atoms with E-state index < -0.39 is 0 Å². The van der Waals surface area contributed by atoms with Gasteiger partial charge in [0.15, 0.2) is 5.76 Å². The van der Waals surface area contributed by atoms with E-state index in [2.05, 4.69) is 29.4 Å². The number of hydrogen-bond acceptors (Lipinski definition) is 4. The zero-order chi connectivity index (χ0) is 20.2. The second-order valence-corrected chi connectivity index (χ2v) is 7.20. The number of anilines is 1. The molecular formula is C23H23N3O3. The van der Waals surface area contributed by atoms with Crippen molar-refractivity contribution in [2.75, 3.05) is 32.0 Å². The van der Waals surface area contributed by atoms with Crippen molar-refractivity contribution < 1.29 is 14.0 Å². The molecule has 2 aromatic carbocycles. The highest BCUT2D eigenvalue weighted by atomic mass is 16.3. The Morgan fingerprint density at radius 2 is 1.72 bits per heavy atom. The maximum absolute atomic E-state index is 13.2. The Labute approximate surface area is 169 Å². The normalized spacial score (nSPS) is 17.1. The van der Waals surface area contributed by atoms with E-state index >= 15 is 0 Å². The van der Waals surface area contributed by atoms with E-state index in [9.17, 15) is 9.59 Å². The molecule has 1 N–H and O–H groups in total. The van der Waals surface area contributed by atoms with Crippen LogP contribution in [0.3, 0.4) is 0 Å². The summed E-state index contributed by atoms with van der Waals surface area (Å²) in [5.74, 6) is -0.0820. The maximum Gasteiger partial charge on any atom is 0.291 e. The van der Waals surface area contributed by atoms with Gasteiger partial charge in [-0.1, -0.05) is 30.3 Å². The van der Waals surface area contributed by atoms with Gasteiger partial charge in [-0.3, -0.25) is 9.59 Å². The summed E-state index contributed by atoms with van der Waals surface area (Å²) in [5, 5.41) is 2.77. The minimum atomic E-state index is -0.322. The van der Waals surface area contributed by atoms with Crippen LogP contribution in [0.5, 0.6) is 0 Å². The van der Waals surface area contributed by atoms with Crippen molar-refractivity contribution in [1.29, 1.82) is 0 Å². The lowest BCUT2D eigenvalue weighted by Crippen LogP contribution is -2.49. The summed E-state index contributed by atoms with van der Waals surface area (Å²) in [6.07, 6.45) is 1.45. The zero-order valence-electron chi connectivity index (χ0n) is 16.2. The summed E-state index contributed by atoms with van der Waals surface area (Å²) in [4.78, 5) is 29.5. The molecule has 6 heteroatoms. The fourth-order valence-corrected chi connectivity index (χ4v) is 3.59. The van der Waals surface area contributed by atoms with Gasteiger partial charge in [-0.05, 0) is 49.0 Å². The van der Waals surface area contributed by atoms with E-state index in [0.29, 0.717) is 17.8 Å². The lowest BCUT2D eigenvalue weighted by Gasteiger charge is -2.40. The van der Waals surface area contributed by atoms with Crippen LogP contribution in [0.25, 0.3) is 0 Å². The Morgan fingerprint density at radius 3 is 2.41 bits per heavy atom. The molecule has 29 heavy (non-hydrogen) atoms. The van der Waals surface area contributed by atoms with Gasteiger partial charge in [-0.25, -0.2) is 0 Å². The lowest BCUT2D eigenvalue weighted by atomic mass is 10.0. The Hall–Kier alpha value is -3.38. The van der Waals surface area contributed by atoms with Gasteiger partial charge in [0.25, 0.3) is 11.8 Å². The van der Waals surface area contributed by atoms with Crippen molar-refractivity contribution in [3.63, 3.8) is 0 Å². The number of rotatable bonds is 4. The minimum absolute atomic E-state index is 0.00383. The average molecular weight is 389 g/mol. The highest BCUT2D eigenvalue weighted by molar-refractivity contribution is 6.02. The number of nitrogens with one attached hydrogen (secondary N) is 1. The van der Waals surface area contributed by atoms with E-state index in [1.807, 2.05) is 23.1 Å². The summed E-state index contributed by atoms with van der Waals surface area (Å²) >= 11 is 0. The van der Waals surface area contributed by atoms with Crippen LogP contribution >= 0.6 is 0 Å². The molecule has 1 aliphatic heterocycles. The molecule has 0 spiro atoms. The number of carbonyl (C=O) groups is 2. The van der Waals surface area contributed by atoms with Crippen LogP contribution in [0, 0.1) is 0 Å². The van der Waals surface area contributed by atoms with Crippen molar-refractivity contribution in [3.8, 4) is 0 Å². The number of carbonyl (C=O) groups excluding carboxylic acids is 2. The number of piperazine rings is 1. The van der Waals surface area contributed by atoms with Crippen LogP contribution in [0.4, 0.5) is 5.69 Å². The second kappa shape index (κ2) is 8.32. The van der Waals surface area contributed by atoms with Gasteiger partial charge in [0.2, 0.25) is 0 Å². The van der Waals surface area contributed by atoms with Gasteiger partial charge in [0, 0.05) is 30.9 Å². The first-order valence-corrected chi connectivity index (χ1v) is 9.61. The number of nitrogens with zero attached hydrogens (tertiary/aromatic N) is 2. The number of hydrogen-bond donors (Lipinski definition) is 1. The smallest absolute Gasteiger partial charge is 0.291 e. The van der Waals surface area contributed by atoms with E-state index in [1.54, 1.807) is 36.4 Å². The first-order valence-electron chi connectivity index (χ1n) is 9.61. The molecule has 1 atom stereocenters. The minimum Gasteiger partial charge on any atom is -0.459 e. The first-order chi connectivity index (χ1) is 14.1. The van der Waals surface area contributed by atoms with E-state index in [4.69, 9.17) is 4.42 Å². The van der Waals surface area contributed by atoms with Crippen molar-refractivity contribution in [2.45, 2.75) is 6.04 Å². The molecule has 1 unspecified atom stereocenters. The van der Waals surface area contributed by atoms with Gasteiger partial charge >= 0.3 is 0 Å². The third-order valence-electron chi connectivity index (χ3n) is 5.16. The van der Waals surface area contributed by atoms with Crippen molar-refractivity contribution in [2.24, 2.45) is 0 Å². The summed E-state index contributed by atoms with van der Waals surface area (Å²) in [7, 11) is 2.08. The van der Waals surface area contributed by atoms with Gasteiger partial charge in [-0.2, -0.15) is 0 Å². The third kappa shape index (κ3) is 4.22. The molecule has 1 saturated heterocycles. The predicted octanol–water partition coefficient (Wildman–Crippen LogP) is 3.66. The number of benzene rings is 2. The van der Waals surface area contributed by atoms with Crippen molar-refractivity contribution >= 4 is 17.5 Å². The van der Waals surface area contributed by atoms with Gasteiger partial charge in [0.1, 0.15) is 0 Å². The van der Waals surface area contributed by atoms with Crippen LogP contribution in [-0.4, -0.2) is 48.3 Å². The Balaban J connectivity index is 1.50. The Morgan fingerprint density at radius 1 is 0.966 bits per heavy atom. The molecule has 2 heterocycles. The highest BCUT2D eigenvalue weighted by Gasteiger charge is 2.30. The van der Waals surface area contributed by atoms with E-state index in [0.717, 1.165) is 18.7 Å². The molecule has 1 aromatic heterocycles. The Bertz CT molecular complexity index is 968. The molecule has 0 aliphatic carbocycles. The molecule has 3 aromatic rings. The third-order valence-corrected chi connectivity index (χ3v) is 5.16. The van der Waals surface area contributed by atoms with Gasteiger partial charge in [-0.15, -0.1) is 0 Å². The fourth-order valence-electron chi connectivity index (χ4n) is 3.59. The molecular weight excluding hydrogens is 366 g/mol. The second-order valence-electron chi connectivity index (χ2n) is 7.20. The van der Waals surface area contributed by atoms with Gasteiger partial charge in [0.05, 0.1) is 12.3 Å². The molecule has 4 rings (SSSR count). The largest absolute Gasteiger partial charge is 0.459 e. The van der Waals surface area contributed by atoms with Gasteiger partial charge < -0.3 is 19.5 Å². The standard InChI is InChI=1S/C23H23N3O3/c1-25-13-14-26(20(16-25)17-6-3-2-4-7-17)23(28)18-9-11-19(12-10-18)24-22(27)21-8-5-15-29-21/h2-12,15,20H,13-14,16H2,1H3,(H,24,27).